The number of rotatable bonds is 4. The van der Waals surface area contributed by atoms with Crippen molar-refractivity contribution in [3.63, 3.8) is 0 Å². The van der Waals surface area contributed by atoms with E-state index in [0.717, 1.165) is 3.97 Å². The summed E-state index contributed by atoms with van der Waals surface area (Å²) in [5.74, 6) is -1.14. The van der Waals surface area contributed by atoms with Gasteiger partial charge in [-0.15, -0.1) is 0 Å². The average Bonchev–Trinajstić information content (AvgIpc) is 2.69. The molecule has 2 rings (SSSR count). The molecule has 1 N–H and O–H groups in total. The van der Waals surface area contributed by atoms with E-state index >= 15 is 0 Å². The molecule has 0 bridgehead atoms. The molecule has 0 radical (unpaired) electrons. The summed E-state index contributed by atoms with van der Waals surface area (Å²) in [4.78, 5) is 11.1. The smallest absolute Gasteiger partial charge is 0.337 e. The Hall–Kier alpha value is -1.82. The summed E-state index contributed by atoms with van der Waals surface area (Å²) in [5, 5.41) is 9.52. The summed E-state index contributed by atoms with van der Waals surface area (Å²) in [5.41, 5.74) is 0.411. The molecule has 0 amide bonds. The highest BCUT2D eigenvalue weighted by Crippen LogP contribution is 2.23. The van der Waals surface area contributed by atoms with Crippen LogP contribution in [0, 0.1) is 0 Å². The van der Waals surface area contributed by atoms with E-state index in [-0.39, 0.29) is 11.3 Å². The number of aromatic nitrogens is 1. The average molecular weight is 267 g/mol. The van der Waals surface area contributed by atoms with Crippen molar-refractivity contribution in [3.8, 4) is 0 Å². The Labute approximate surface area is 105 Å². The van der Waals surface area contributed by atoms with Crippen LogP contribution in [0.2, 0.25) is 0 Å². The van der Waals surface area contributed by atoms with Crippen LogP contribution >= 0.6 is 0 Å². The first-order valence-corrected chi connectivity index (χ1v) is 7.15. The zero-order valence-corrected chi connectivity index (χ0v) is 10.6. The van der Waals surface area contributed by atoms with Gasteiger partial charge in [-0.3, -0.25) is 0 Å². The molecule has 0 saturated carbocycles. The fourth-order valence-corrected chi connectivity index (χ4v) is 3.34. The predicted molar refractivity (Wildman–Crippen MR) is 68.4 cm³/mol. The van der Waals surface area contributed by atoms with Gasteiger partial charge >= 0.3 is 5.97 Å². The van der Waals surface area contributed by atoms with Gasteiger partial charge in [-0.25, -0.2) is 17.2 Å². The van der Waals surface area contributed by atoms with E-state index in [0.29, 0.717) is 17.3 Å². The molecular weight excluding hydrogens is 254 g/mol. The molecule has 1 heterocycles. The minimum Gasteiger partial charge on any atom is -0.478 e. The van der Waals surface area contributed by atoms with E-state index in [4.69, 9.17) is 5.11 Å². The Morgan fingerprint density at radius 2 is 2.00 bits per heavy atom. The topological polar surface area (TPSA) is 76.4 Å². The Bertz CT molecular complexity index is 700. The van der Waals surface area contributed by atoms with Crippen LogP contribution < -0.4 is 0 Å². The second kappa shape index (κ2) is 4.45. The summed E-state index contributed by atoms with van der Waals surface area (Å²) < 4.78 is 25.2. The van der Waals surface area contributed by atoms with Crippen LogP contribution in [0.1, 0.15) is 23.7 Å². The van der Waals surface area contributed by atoms with Crippen LogP contribution in [-0.2, 0) is 10.0 Å². The van der Waals surface area contributed by atoms with Gasteiger partial charge in [0, 0.05) is 11.6 Å². The molecular formula is C12H13NO4S. The SMILES string of the molecule is CCCS(=O)(=O)n1cc(C(=O)O)c2ccccc21. The third kappa shape index (κ3) is 1.99. The zero-order chi connectivity index (χ0) is 13.3. The van der Waals surface area contributed by atoms with E-state index < -0.39 is 16.0 Å². The number of fused-ring (bicyclic) bond motifs is 1. The Kier molecular flexibility index (Phi) is 3.13. The molecule has 0 atom stereocenters. The molecule has 96 valence electrons. The molecule has 6 heteroatoms. The zero-order valence-electron chi connectivity index (χ0n) is 9.83. The summed E-state index contributed by atoms with van der Waals surface area (Å²) >= 11 is 0. The number of hydrogen-bond donors (Lipinski definition) is 1. The summed E-state index contributed by atoms with van der Waals surface area (Å²) in [6.45, 7) is 1.77. The lowest BCUT2D eigenvalue weighted by Gasteiger charge is -2.05. The van der Waals surface area contributed by atoms with E-state index in [9.17, 15) is 13.2 Å². The van der Waals surface area contributed by atoms with Crippen molar-refractivity contribution in [2.24, 2.45) is 0 Å². The molecule has 1 aromatic heterocycles. The van der Waals surface area contributed by atoms with Crippen LogP contribution in [0.15, 0.2) is 30.5 Å². The number of para-hydroxylation sites is 1. The number of hydrogen-bond acceptors (Lipinski definition) is 3. The second-order valence-electron chi connectivity index (χ2n) is 3.98. The van der Waals surface area contributed by atoms with Crippen LogP contribution in [-0.4, -0.2) is 29.2 Å². The van der Waals surface area contributed by atoms with Gasteiger partial charge in [-0.1, -0.05) is 25.1 Å². The molecule has 2 aromatic rings. The largest absolute Gasteiger partial charge is 0.478 e. The summed E-state index contributed by atoms with van der Waals surface area (Å²) in [6, 6.07) is 6.59. The first kappa shape index (κ1) is 12.6. The maximum Gasteiger partial charge on any atom is 0.337 e. The number of carboxylic acids is 1. The van der Waals surface area contributed by atoms with Crippen molar-refractivity contribution in [3.05, 3.63) is 36.0 Å². The molecule has 0 spiro atoms. The minimum absolute atomic E-state index is 0.00489. The van der Waals surface area contributed by atoms with Gasteiger partial charge in [0.15, 0.2) is 0 Å². The summed E-state index contributed by atoms with van der Waals surface area (Å²) in [6.07, 6.45) is 1.66. The van der Waals surface area contributed by atoms with Crippen molar-refractivity contribution in [1.82, 2.24) is 3.97 Å². The van der Waals surface area contributed by atoms with Gasteiger partial charge in [-0.2, -0.15) is 0 Å². The van der Waals surface area contributed by atoms with Crippen LogP contribution in [0.4, 0.5) is 0 Å². The van der Waals surface area contributed by atoms with Crippen molar-refractivity contribution >= 4 is 26.9 Å². The molecule has 0 aliphatic carbocycles. The van der Waals surface area contributed by atoms with Crippen LogP contribution in [0.5, 0.6) is 0 Å². The van der Waals surface area contributed by atoms with Gasteiger partial charge in [0.1, 0.15) is 0 Å². The predicted octanol–water partition coefficient (Wildman–Crippen LogP) is 1.93. The van der Waals surface area contributed by atoms with Crippen LogP contribution in [0.25, 0.3) is 10.9 Å². The first-order valence-electron chi connectivity index (χ1n) is 5.54. The van der Waals surface area contributed by atoms with Crippen molar-refractivity contribution in [1.29, 1.82) is 0 Å². The van der Waals surface area contributed by atoms with E-state index in [1.165, 1.54) is 6.20 Å². The third-order valence-electron chi connectivity index (χ3n) is 2.67. The lowest BCUT2D eigenvalue weighted by Crippen LogP contribution is -2.15. The standard InChI is InChI=1S/C12H13NO4S/c1-2-7-18(16,17)13-8-10(12(14)15)9-5-3-4-6-11(9)13/h3-6,8H,2,7H2,1H3,(H,14,15). The molecule has 0 aliphatic rings. The minimum atomic E-state index is -3.50. The van der Waals surface area contributed by atoms with E-state index in [2.05, 4.69) is 0 Å². The number of aromatic carboxylic acids is 1. The normalized spacial score (nSPS) is 11.8. The lowest BCUT2D eigenvalue weighted by atomic mass is 10.2. The van der Waals surface area contributed by atoms with Crippen molar-refractivity contribution < 1.29 is 18.3 Å². The molecule has 0 unspecified atom stereocenters. The quantitative estimate of drug-likeness (QED) is 0.918. The van der Waals surface area contributed by atoms with Crippen molar-refractivity contribution in [2.45, 2.75) is 13.3 Å². The second-order valence-corrected chi connectivity index (χ2v) is 5.94. The molecule has 0 saturated heterocycles. The number of carboxylic acid groups (broad SMARTS) is 1. The fraction of sp³-hybridized carbons (Fsp3) is 0.250. The fourth-order valence-electron chi connectivity index (χ4n) is 1.91. The first-order chi connectivity index (χ1) is 8.47. The van der Waals surface area contributed by atoms with E-state index in [1.54, 1.807) is 31.2 Å². The summed E-state index contributed by atoms with van der Waals surface area (Å²) in [7, 11) is -3.50. The van der Waals surface area contributed by atoms with Gasteiger partial charge in [0.05, 0.1) is 16.8 Å². The third-order valence-corrected chi connectivity index (χ3v) is 4.50. The molecule has 0 fully saturated rings. The monoisotopic (exact) mass is 267 g/mol. The van der Waals surface area contributed by atoms with Crippen LogP contribution in [0.3, 0.4) is 0 Å². The Balaban J connectivity index is 2.77. The molecule has 18 heavy (non-hydrogen) atoms. The van der Waals surface area contributed by atoms with Gasteiger partial charge in [0.2, 0.25) is 10.0 Å². The highest BCUT2D eigenvalue weighted by atomic mass is 32.2. The molecule has 1 aromatic carbocycles. The number of benzene rings is 1. The van der Waals surface area contributed by atoms with Crippen molar-refractivity contribution in [2.75, 3.05) is 5.75 Å². The number of nitrogens with zero attached hydrogens (tertiary/aromatic N) is 1. The Morgan fingerprint density at radius 3 is 2.61 bits per heavy atom. The van der Waals surface area contributed by atoms with E-state index in [1.807, 2.05) is 0 Å². The van der Waals surface area contributed by atoms with Gasteiger partial charge < -0.3 is 5.11 Å². The number of carbonyl (C=O) groups is 1. The highest BCUT2D eigenvalue weighted by molar-refractivity contribution is 7.90. The maximum absolute atomic E-state index is 12.1. The van der Waals surface area contributed by atoms with Gasteiger partial charge in [-0.05, 0) is 12.5 Å². The maximum atomic E-state index is 12.1. The molecule has 5 nitrogen and oxygen atoms in total. The highest BCUT2D eigenvalue weighted by Gasteiger charge is 2.20. The Morgan fingerprint density at radius 1 is 1.33 bits per heavy atom. The lowest BCUT2D eigenvalue weighted by molar-refractivity contribution is 0.0699. The van der Waals surface area contributed by atoms with Gasteiger partial charge in [0.25, 0.3) is 0 Å². The molecule has 0 aliphatic heterocycles.